The van der Waals surface area contributed by atoms with Gasteiger partial charge in [0, 0.05) is 24.3 Å². The highest BCUT2D eigenvalue weighted by atomic mass is 19.1. The Morgan fingerprint density at radius 2 is 1.63 bits per heavy atom. The summed E-state index contributed by atoms with van der Waals surface area (Å²) < 4.78 is 45.1. The Bertz CT molecular complexity index is 1220. The molecule has 2 aromatic carbocycles. The number of aromatic nitrogens is 1. The van der Waals surface area contributed by atoms with E-state index in [0.717, 1.165) is 31.5 Å². The van der Waals surface area contributed by atoms with Gasteiger partial charge in [0.2, 0.25) is 0 Å². The molecule has 1 aromatic heterocycles. The molecule has 184 valence electrons. The van der Waals surface area contributed by atoms with Gasteiger partial charge in [0.25, 0.3) is 0 Å². The summed E-state index contributed by atoms with van der Waals surface area (Å²) in [6.07, 6.45) is 3.54. The van der Waals surface area contributed by atoms with Crippen molar-refractivity contribution < 1.29 is 32.6 Å². The minimum atomic E-state index is -0.820. The van der Waals surface area contributed by atoms with E-state index in [2.05, 4.69) is 4.90 Å². The van der Waals surface area contributed by atoms with Gasteiger partial charge in [0.15, 0.2) is 17.4 Å². The number of rotatable bonds is 6. The highest BCUT2D eigenvalue weighted by Gasteiger charge is 2.32. The minimum Gasteiger partial charge on any atom is -0.465 e. The number of piperidine rings is 1. The van der Waals surface area contributed by atoms with Crippen molar-refractivity contribution in [1.29, 1.82) is 0 Å². The fourth-order valence-electron chi connectivity index (χ4n) is 4.41. The van der Waals surface area contributed by atoms with Crippen molar-refractivity contribution in [2.45, 2.75) is 18.9 Å². The average molecular weight is 484 g/mol. The lowest BCUT2D eigenvalue weighted by atomic mass is 10.0. The van der Waals surface area contributed by atoms with E-state index in [0.29, 0.717) is 17.7 Å². The van der Waals surface area contributed by atoms with Crippen LogP contribution in [0.5, 0.6) is 11.5 Å². The molecule has 0 aliphatic carbocycles. The predicted octanol–water partition coefficient (Wildman–Crippen LogP) is 5.07. The van der Waals surface area contributed by atoms with Crippen molar-refractivity contribution in [2.24, 2.45) is 0 Å². The van der Waals surface area contributed by atoms with E-state index < -0.39 is 29.3 Å². The third kappa shape index (κ3) is 4.90. The standard InChI is InChI=1S/C26H26F2N2O5/c1-29-13-5-6-17(14-29)30-15-19(22(25(31)33-2)23(30)26(32)34-3)16-9-11-18(12-10-16)35-24-20(27)7-4-8-21(24)28/h4,7-12,15,17H,5-6,13-14H2,1-3H3. The zero-order valence-corrected chi connectivity index (χ0v) is 19.7. The minimum absolute atomic E-state index is 0.0355. The summed E-state index contributed by atoms with van der Waals surface area (Å²) in [5.41, 5.74) is 1.30. The Balaban J connectivity index is 1.77. The van der Waals surface area contributed by atoms with Crippen molar-refractivity contribution in [3.63, 3.8) is 0 Å². The van der Waals surface area contributed by atoms with Gasteiger partial charge >= 0.3 is 11.9 Å². The molecule has 4 rings (SSSR count). The molecule has 1 unspecified atom stereocenters. The number of para-hydroxylation sites is 1. The second-order valence-corrected chi connectivity index (χ2v) is 8.39. The number of hydrogen-bond donors (Lipinski definition) is 0. The maximum Gasteiger partial charge on any atom is 0.355 e. The molecule has 1 aliphatic rings. The van der Waals surface area contributed by atoms with Crippen LogP contribution in [-0.4, -0.2) is 55.8 Å². The second-order valence-electron chi connectivity index (χ2n) is 8.39. The first kappa shape index (κ1) is 24.4. The van der Waals surface area contributed by atoms with Crippen LogP contribution in [0.15, 0.2) is 48.7 Å². The van der Waals surface area contributed by atoms with Crippen molar-refractivity contribution >= 4 is 11.9 Å². The van der Waals surface area contributed by atoms with Crippen LogP contribution in [-0.2, 0) is 9.47 Å². The zero-order valence-electron chi connectivity index (χ0n) is 19.7. The number of hydrogen-bond acceptors (Lipinski definition) is 6. The molecule has 1 aliphatic heterocycles. The van der Waals surface area contributed by atoms with Crippen molar-refractivity contribution in [3.8, 4) is 22.6 Å². The molecule has 0 amide bonds. The van der Waals surface area contributed by atoms with Crippen LogP contribution in [0.1, 0.15) is 39.7 Å². The summed E-state index contributed by atoms with van der Waals surface area (Å²) >= 11 is 0. The van der Waals surface area contributed by atoms with Crippen LogP contribution in [0.4, 0.5) is 8.78 Å². The number of likely N-dealkylation sites (N-methyl/N-ethyl adjacent to an activating group) is 1. The van der Waals surface area contributed by atoms with Crippen LogP contribution in [0, 0.1) is 11.6 Å². The fourth-order valence-corrected chi connectivity index (χ4v) is 4.41. The highest BCUT2D eigenvalue weighted by molar-refractivity contribution is 6.07. The first-order valence-corrected chi connectivity index (χ1v) is 11.2. The lowest BCUT2D eigenvalue weighted by Gasteiger charge is -2.31. The van der Waals surface area contributed by atoms with E-state index in [1.807, 2.05) is 7.05 Å². The number of methoxy groups -OCH3 is 2. The Morgan fingerprint density at radius 3 is 2.23 bits per heavy atom. The maximum absolute atomic E-state index is 14.0. The Kier molecular flexibility index (Phi) is 7.16. The lowest BCUT2D eigenvalue weighted by molar-refractivity contribution is 0.0542. The number of likely N-dealkylation sites (tertiary alicyclic amines) is 1. The molecule has 9 heteroatoms. The van der Waals surface area contributed by atoms with E-state index in [1.165, 1.54) is 32.4 Å². The van der Waals surface area contributed by atoms with E-state index in [1.54, 1.807) is 22.9 Å². The number of benzene rings is 2. The monoisotopic (exact) mass is 484 g/mol. The Hall–Kier alpha value is -3.72. The SMILES string of the molecule is COC(=O)c1c(-c2ccc(Oc3c(F)cccc3F)cc2)cn(C2CCCN(C)C2)c1C(=O)OC. The number of nitrogens with zero attached hydrogens (tertiary/aromatic N) is 2. The van der Waals surface area contributed by atoms with Crippen molar-refractivity contribution in [2.75, 3.05) is 34.4 Å². The summed E-state index contributed by atoms with van der Waals surface area (Å²) in [7, 11) is 4.52. The van der Waals surface area contributed by atoms with Crippen molar-refractivity contribution in [3.05, 3.63) is 71.6 Å². The quantitative estimate of drug-likeness (QED) is 0.456. The molecule has 35 heavy (non-hydrogen) atoms. The molecule has 3 aromatic rings. The van der Waals surface area contributed by atoms with E-state index in [4.69, 9.17) is 14.2 Å². The number of esters is 2. The van der Waals surface area contributed by atoms with Crippen LogP contribution in [0.2, 0.25) is 0 Å². The molecular formula is C26H26F2N2O5. The zero-order chi connectivity index (χ0) is 25.1. The van der Waals surface area contributed by atoms with Crippen LogP contribution in [0.25, 0.3) is 11.1 Å². The maximum atomic E-state index is 14.0. The molecule has 7 nitrogen and oxygen atoms in total. The summed E-state index contributed by atoms with van der Waals surface area (Å²) in [5.74, 6) is -3.24. The smallest absolute Gasteiger partial charge is 0.355 e. The highest BCUT2D eigenvalue weighted by Crippen LogP contribution is 2.36. The van der Waals surface area contributed by atoms with Gasteiger partial charge in [-0.2, -0.15) is 0 Å². The van der Waals surface area contributed by atoms with Gasteiger partial charge in [-0.3, -0.25) is 0 Å². The van der Waals surface area contributed by atoms with Gasteiger partial charge in [0.05, 0.1) is 14.2 Å². The number of halogens is 2. The van der Waals surface area contributed by atoms with E-state index >= 15 is 0 Å². The molecule has 2 heterocycles. The fraction of sp³-hybridized carbons (Fsp3) is 0.308. The van der Waals surface area contributed by atoms with Crippen molar-refractivity contribution in [1.82, 2.24) is 9.47 Å². The van der Waals surface area contributed by atoms with Crippen LogP contribution >= 0.6 is 0 Å². The van der Waals surface area contributed by atoms with Gasteiger partial charge in [0.1, 0.15) is 17.0 Å². The lowest BCUT2D eigenvalue weighted by Crippen LogP contribution is -2.34. The molecule has 1 atom stereocenters. The Morgan fingerprint density at radius 1 is 0.971 bits per heavy atom. The van der Waals surface area contributed by atoms with E-state index in [-0.39, 0.29) is 23.0 Å². The first-order chi connectivity index (χ1) is 16.8. The van der Waals surface area contributed by atoms with Gasteiger partial charge in [-0.1, -0.05) is 18.2 Å². The topological polar surface area (TPSA) is 70.0 Å². The summed E-state index contributed by atoms with van der Waals surface area (Å²) in [5, 5.41) is 0. The molecule has 0 bridgehead atoms. The Labute approximate surface area is 201 Å². The molecule has 0 N–H and O–H groups in total. The number of ether oxygens (including phenoxy) is 3. The van der Waals surface area contributed by atoms with E-state index in [9.17, 15) is 18.4 Å². The number of carbonyl (C=O) groups is 2. The third-order valence-electron chi connectivity index (χ3n) is 6.10. The average Bonchev–Trinajstić information content (AvgIpc) is 3.26. The largest absolute Gasteiger partial charge is 0.465 e. The second kappa shape index (κ2) is 10.3. The summed E-state index contributed by atoms with van der Waals surface area (Å²) in [4.78, 5) is 27.8. The van der Waals surface area contributed by atoms with Gasteiger partial charge in [-0.05, 0) is 56.3 Å². The van der Waals surface area contributed by atoms with Crippen LogP contribution in [0.3, 0.4) is 0 Å². The summed E-state index contributed by atoms with van der Waals surface area (Å²) in [6, 6.07) is 9.79. The normalized spacial score (nSPS) is 16.1. The summed E-state index contributed by atoms with van der Waals surface area (Å²) in [6.45, 7) is 1.66. The van der Waals surface area contributed by atoms with Gasteiger partial charge in [-0.15, -0.1) is 0 Å². The molecule has 1 saturated heterocycles. The molecule has 0 saturated carbocycles. The van der Waals surface area contributed by atoms with Gasteiger partial charge in [-0.25, -0.2) is 18.4 Å². The van der Waals surface area contributed by atoms with Crippen LogP contribution < -0.4 is 4.74 Å². The number of carbonyl (C=O) groups excluding carboxylic acids is 2. The molecular weight excluding hydrogens is 458 g/mol. The molecule has 0 spiro atoms. The molecule has 0 radical (unpaired) electrons. The predicted molar refractivity (Wildman–Crippen MR) is 125 cm³/mol. The first-order valence-electron chi connectivity index (χ1n) is 11.2. The molecule has 1 fully saturated rings. The third-order valence-corrected chi connectivity index (χ3v) is 6.10. The van der Waals surface area contributed by atoms with Gasteiger partial charge < -0.3 is 23.7 Å².